The van der Waals surface area contributed by atoms with Gasteiger partial charge in [0.25, 0.3) is 5.91 Å². The summed E-state index contributed by atoms with van der Waals surface area (Å²) in [5, 5.41) is 22.8. The number of amides is 1. The molecule has 21 heavy (non-hydrogen) atoms. The smallest absolute Gasteiger partial charge is 0.310 e. The number of phenolic OH excluding ortho intramolecular Hbond substituents is 1. The highest BCUT2D eigenvalue weighted by Crippen LogP contribution is 2.26. The molecule has 0 saturated heterocycles. The van der Waals surface area contributed by atoms with Crippen molar-refractivity contribution in [2.75, 3.05) is 5.32 Å². The van der Waals surface area contributed by atoms with Gasteiger partial charge in [0.1, 0.15) is 0 Å². The summed E-state index contributed by atoms with van der Waals surface area (Å²) in [5.74, 6) is -0.969. The number of hydrogen-bond acceptors (Lipinski definition) is 4. The van der Waals surface area contributed by atoms with Gasteiger partial charge >= 0.3 is 5.69 Å². The molecule has 0 saturated carbocycles. The lowest BCUT2D eigenvalue weighted by Crippen LogP contribution is -2.12. The predicted molar refractivity (Wildman–Crippen MR) is 78.5 cm³/mol. The molecule has 0 aliphatic carbocycles. The minimum absolute atomic E-state index is 0.153. The largest absolute Gasteiger partial charge is 0.502 e. The van der Waals surface area contributed by atoms with Crippen LogP contribution < -0.4 is 5.32 Å². The van der Waals surface area contributed by atoms with E-state index < -0.39 is 22.3 Å². The molecule has 2 aromatic carbocycles. The third kappa shape index (κ3) is 3.36. The summed E-state index contributed by atoms with van der Waals surface area (Å²) >= 11 is 0. The zero-order valence-corrected chi connectivity index (χ0v) is 11.4. The van der Waals surface area contributed by atoms with Crippen LogP contribution >= 0.6 is 0 Å². The quantitative estimate of drug-likeness (QED) is 0.667. The number of nitro benzene ring substituents is 1. The summed E-state index contributed by atoms with van der Waals surface area (Å²) in [6.07, 6.45) is 0.849. The Morgan fingerprint density at radius 2 is 2.05 bits per heavy atom. The molecular weight excluding hydrogens is 272 g/mol. The molecule has 0 bridgehead atoms. The van der Waals surface area contributed by atoms with Gasteiger partial charge in [-0.25, -0.2) is 0 Å². The van der Waals surface area contributed by atoms with Gasteiger partial charge in [0.15, 0.2) is 5.75 Å². The number of aryl methyl sites for hydroxylation is 1. The Labute approximate surface area is 121 Å². The second kappa shape index (κ2) is 6.04. The standard InChI is InChI=1S/C15H14N2O4/c1-2-10-4-3-5-12(8-10)16-15(19)11-6-7-13(17(20)21)14(18)9-11/h3-9,18H,2H2,1H3,(H,16,19). The number of aromatic hydroxyl groups is 1. The maximum Gasteiger partial charge on any atom is 0.310 e. The van der Waals surface area contributed by atoms with E-state index in [4.69, 9.17) is 0 Å². The minimum Gasteiger partial charge on any atom is -0.502 e. The lowest BCUT2D eigenvalue weighted by atomic mass is 10.1. The van der Waals surface area contributed by atoms with Crippen molar-refractivity contribution in [1.29, 1.82) is 0 Å². The molecule has 6 heteroatoms. The SMILES string of the molecule is CCc1cccc(NC(=O)c2ccc([N+](=O)[O-])c(O)c2)c1. The van der Waals surface area contributed by atoms with E-state index >= 15 is 0 Å². The number of carbonyl (C=O) groups is 1. The van der Waals surface area contributed by atoms with Crippen molar-refractivity contribution in [1.82, 2.24) is 0 Å². The van der Waals surface area contributed by atoms with Crippen molar-refractivity contribution in [2.24, 2.45) is 0 Å². The second-order valence-corrected chi connectivity index (χ2v) is 4.47. The molecule has 0 spiro atoms. The number of hydrogen-bond donors (Lipinski definition) is 2. The van der Waals surface area contributed by atoms with Crippen LogP contribution in [0.3, 0.4) is 0 Å². The van der Waals surface area contributed by atoms with Crippen LogP contribution in [0, 0.1) is 10.1 Å². The van der Waals surface area contributed by atoms with Crippen LogP contribution in [0.25, 0.3) is 0 Å². The molecule has 0 aliphatic heterocycles. The van der Waals surface area contributed by atoms with Crippen molar-refractivity contribution in [3.05, 3.63) is 63.7 Å². The van der Waals surface area contributed by atoms with Crippen LogP contribution in [-0.2, 0) is 6.42 Å². The van der Waals surface area contributed by atoms with Crippen molar-refractivity contribution in [3.63, 3.8) is 0 Å². The van der Waals surface area contributed by atoms with Crippen molar-refractivity contribution >= 4 is 17.3 Å². The lowest BCUT2D eigenvalue weighted by molar-refractivity contribution is -0.385. The van der Waals surface area contributed by atoms with Crippen LogP contribution in [-0.4, -0.2) is 15.9 Å². The normalized spacial score (nSPS) is 10.1. The zero-order valence-electron chi connectivity index (χ0n) is 11.4. The summed E-state index contributed by atoms with van der Waals surface area (Å²) in [7, 11) is 0. The van der Waals surface area contributed by atoms with E-state index in [9.17, 15) is 20.0 Å². The number of phenols is 1. The van der Waals surface area contributed by atoms with Crippen LogP contribution in [0.1, 0.15) is 22.8 Å². The molecule has 0 aromatic heterocycles. The summed E-state index contributed by atoms with van der Waals surface area (Å²) in [6.45, 7) is 2.01. The van der Waals surface area contributed by atoms with Gasteiger partial charge in [-0.15, -0.1) is 0 Å². The molecular formula is C15H14N2O4. The Bertz CT molecular complexity index is 698. The van der Waals surface area contributed by atoms with Gasteiger partial charge in [-0.3, -0.25) is 14.9 Å². The first-order valence-corrected chi connectivity index (χ1v) is 6.39. The third-order valence-electron chi connectivity index (χ3n) is 3.03. The fraction of sp³-hybridized carbons (Fsp3) is 0.133. The van der Waals surface area contributed by atoms with Gasteiger partial charge < -0.3 is 10.4 Å². The monoisotopic (exact) mass is 286 g/mol. The van der Waals surface area contributed by atoms with Crippen molar-refractivity contribution in [3.8, 4) is 5.75 Å². The molecule has 0 aliphatic rings. The second-order valence-electron chi connectivity index (χ2n) is 4.47. The fourth-order valence-corrected chi connectivity index (χ4v) is 1.89. The first kappa shape index (κ1) is 14.5. The van der Waals surface area contributed by atoms with Gasteiger partial charge in [-0.2, -0.15) is 0 Å². The first-order chi connectivity index (χ1) is 10.0. The van der Waals surface area contributed by atoms with Crippen molar-refractivity contribution in [2.45, 2.75) is 13.3 Å². The highest BCUT2D eigenvalue weighted by Gasteiger charge is 2.16. The van der Waals surface area contributed by atoms with E-state index in [2.05, 4.69) is 5.32 Å². The van der Waals surface area contributed by atoms with Gasteiger partial charge in [-0.05, 0) is 36.2 Å². The van der Waals surface area contributed by atoms with E-state index in [1.165, 1.54) is 6.07 Å². The van der Waals surface area contributed by atoms with Gasteiger partial charge in [-0.1, -0.05) is 19.1 Å². The maximum absolute atomic E-state index is 12.1. The Hall–Kier alpha value is -2.89. The molecule has 0 heterocycles. The first-order valence-electron chi connectivity index (χ1n) is 6.39. The Morgan fingerprint density at radius 1 is 1.29 bits per heavy atom. The number of rotatable bonds is 4. The number of anilines is 1. The number of nitrogens with one attached hydrogen (secondary N) is 1. The average Bonchev–Trinajstić information content (AvgIpc) is 2.46. The molecule has 0 atom stereocenters. The Morgan fingerprint density at radius 3 is 2.67 bits per heavy atom. The minimum atomic E-state index is -0.707. The molecule has 2 rings (SSSR count). The number of carbonyl (C=O) groups excluding carboxylic acids is 1. The zero-order chi connectivity index (χ0) is 15.4. The average molecular weight is 286 g/mol. The highest BCUT2D eigenvalue weighted by atomic mass is 16.6. The summed E-state index contributed by atoms with van der Waals surface area (Å²) in [6, 6.07) is 10.9. The predicted octanol–water partition coefficient (Wildman–Crippen LogP) is 3.12. The van der Waals surface area contributed by atoms with E-state index in [0.29, 0.717) is 5.69 Å². The molecule has 2 N–H and O–H groups in total. The maximum atomic E-state index is 12.1. The topological polar surface area (TPSA) is 92.5 Å². The number of benzene rings is 2. The molecule has 0 unspecified atom stereocenters. The molecule has 0 radical (unpaired) electrons. The van der Waals surface area contributed by atoms with E-state index in [0.717, 1.165) is 24.1 Å². The highest BCUT2D eigenvalue weighted by molar-refractivity contribution is 6.04. The van der Waals surface area contributed by atoms with Gasteiger partial charge in [0.05, 0.1) is 4.92 Å². The molecule has 108 valence electrons. The van der Waals surface area contributed by atoms with Crippen LogP contribution in [0.5, 0.6) is 5.75 Å². The Balaban J connectivity index is 2.20. The van der Waals surface area contributed by atoms with Crippen LogP contribution in [0.15, 0.2) is 42.5 Å². The van der Waals surface area contributed by atoms with Gasteiger partial charge in [0.2, 0.25) is 0 Å². The van der Waals surface area contributed by atoms with E-state index in [1.807, 2.05) is 25.1 Å². The molecule has 2 aromatic rings. The molecule has 6 nitrogen and oxygen atoms in total. The Kier molecular flexibility index (Phi) is 4.18. The van der Waals surface area contributed by atoms with Crippen LogP contribution in [0.2, 0.25) is 0 Å². The lowest BCUT2D eigenvalue weighted by Gasteiger charge is -2.07. The summed E-state index contributed by atoms with van der Waals surface area (Å²) < 4.78 is 0. The summed E-state index contributed by atoms with van der Waals surface area (Å²) in [4.78, 5) is 22.0. The number of nitrogens with zero attached hydrogens (tertiary/aromatic N) is 1. The third-order valence-corrected chi connectivity index (χ3v) is 3.03. The molecule has 1 amide bonds. The van der Waals surface area contributed by atoms with Gasteiger partial charge in [0, 0.05) is 17.3 Å². The molecule has 0 fully saturated rings. The van der Waals surface area contributed by atoms with Crippen molar-refractivity contribution < 1.29 is 14.8 Å². The van der Waals surface area contributed by atoms with E-state index in [1.54, 1.807) is 6.07 Å². The van der Waals surface area contributed by atoms with Crippen LogP contribution in [0.4, 0.5) is 11.4 Å². The summed E-state index contributed by atoms with van der Waals surface area (Å²) in [5.41, 5.74) is 1.44. The van der Waals surface area contributed by atoms with E-state index in [-0.39, 0.29) is 5.56 Å². The number of nitro groups is 1. The fourth-order valence-electron chi connectivity index (χ4n) is 1.89.